The average molecular weight is 372 g/mol. The molecule has 1 aliphatic carbocycles. The number of nitrogens with zero attached hydrogens (tertiary/aromatic N) is 1. The van der Waals surface area contributed by atoms with E-state index in [1.807, 2.05) is 0 Å². The molecule has 0 unspecified atom stereocenters. The Kier molecular flexibility index (Phi) is 4.42. The first-order valence-electron chi connectivity index (χ1n) is 6.63. The Morgan fingerprint density at radius 1 is 1.33 bits per heavy atom. The molecule has 0 spiro atoms. The van der Waals surface area contributed by atoms with Gasteiger partial charge in [0.05, 0.1) is 10.7 Å². The maximum absolute atomic E-state index is 13.7. The number of aromatic nitrogens is 1. The highest BCUT2D eigenvalue weighted by Gasteiger charge is 2.21. The van der Waals surface area contributed by atoms with Gasteiger partial charge in [-0.05, 0) is 37.1 Å². The highest BCUT2D eigenvalue weighted by atomic mass is 79.9. The van der Waals surface area contributed by atoms with E-state index in [1.54, 1.807) is 24.3 Å². The molecule has 0 radical (unpaired) electrons. The van der Waals surface area contributed by atoms with Gasteiger partial charge in [0, 0.05) is 23.1 Å². The lowest BCUT2D eigenvalue weighted by Gasteiger charge is -2.09. The van der Waals surface area contributed by atoms with Crippen LogP contribution < -0.4 is 10.1 Å². The van der Waals surface area contributed by atoms with E-state index in [-0.39, 0.29) is 5.75 Å². The molecule has 1 fully saturated rings. The van der Waals surface area contributed by atoms with Crippen LogP contribution in [0.5, 0.6) is 11.6 Å². The summed E-state index contributed by atoms with van der Waals surface area (Å²) in [4.78, 5) is 4.34. The SMILES string of the molecule is Fc1ccc(Br)cc1Oc1ccc(Cl)c(CNC2CC2)n1. The number of nitrogens with one attached hydrogen (secondary N) is 1. The predicted octanol–water partition coefficient (Wildman–Crippen LogP) is 4.68. The van der Waals surface area contributed by atoms with Crippen molar-refractivity contribution in [2.45, 2.75) is 25.4 Å². The highest BCUT2D eigenvalue weighted by Crippen LogP contribution is 2.28. The van der Waals surface area contributed by atoms with E-state index in [9.17, 15) is 4.39 Å². The smallest absolute Gasteiger partial charge is 0.219 e. The van der Waals surface area contributed by atoms with Crippen molar-refractivity contribution in [2.75, 3.05) is 0 Å². The van der Waals surface area contributed by atoms with Gasteiger partial charge in [0.1, 0.15) is 0 Å². The van der Waals surface area contributed by atoms with Crippen LogP contribution in [-0.4, -0.2) is 11.0 Å². The van der Waals surface area contributed by atoms with Gasteiger partial charge in [-0.1, -0.05) is 27.5 Å². The van der Waals surface area contributed by atoms with E-state index in [0.29, 0.717) is 29.2 Å². The quantitative estimate of drug-likeness (QED) is 0.828. The fraction of sp³-hybridized carbons (Fsp3) is 0.267. The minimum atomic E-state index is -0.437. The molecule has 0 atom stereocenters. The summed E-state index contributed by atoms with van der Waals surface area (Å²) < 4.78 is 19.9. The summed E-state index contributed by atoms with van der Waals surface area (Å²) in [5.41, 5.74) is 0.705. The molecule has 21 heavy (non-hydrogen) atoms. The van der Waals surface area contributed by atoms with Gasteiger partial charge in [0.15, 0.2) is 11.6 Å². The van der Waals surface area contributed by atoms with Crippen molar-refractivity contribution in [1.82, 2.24) is 10.3 Å². The largest absolute Gasteiger partial charge is 0.436 e. The van der Waals surface area contributed by atoms with Crippen molar-refractivity contribution < 1.29 is 9.13 Å². The fourth-order valence-corrected chi connectivity index (χ4v) is 2.35. The Balaban J connectivity index is 1.78. The maximum atomic E-state index is 13.7. The van der Waals surface area contributed by atoms with Crippen molar-refractivity contribution in [1.29, 1.82) is 0 Å². The zero-order valence-electron chi connectivity index (χ0n) is 11.1. The molecule has 0 amide bonds. The van der Waals surface area contributed by atoms with Crippen LogP contribution in [0.15, 0.2) is 34.8 Å². The molecule has 6 heteroatoms. The lowest BCUT2D eigenvalue weighted by molar-refractivity contribution is 0.425. The van der Waals surface area contributed by atoms with Crippen LogP contribution in [0.4, 0.5) is 4.39 Å². The van der Waals surface area contributed by atoms with Gasteiger partial charge in [0.2, 0.25) is 5.88 Å². The second kappa shape index (κ2) is 6.30. The highest BCUT2D eigenvalue weighted by molar-refractivity contribution is 9.10. The summed E-state index contributed by atoms with van der Waals surface area (Å²) in [7, 11) is 0. The zero-order valence-corrected chi connectivity index (χ0v) is 13.4. The summed E-state index contributed by atoms with van der Waals surface area (Å²) in [5.74, 6) is 0.0110. The standard InChI is InChI=1S/C15H13BrClFN2O/c16-9-1-5-12(18)14(7-9)21-15-6-4-11(17)13(20-15)8-19-10-2-3-10/h1,4-7,10,19H,2-3,8H2. The van der Waals surface area contributed by atoms with Crippen LogP contribution >= 0.6 is 27.5 Å². The Labute approximate surface area is 135 Å². The lowest BCUT2D eigenvalue weighted by atomic mass is 10.3. The molecule has 1 aliphatic rings. The summed E-state index contributed by atoms with van der Waals surface area (Å²) >= 11 is 9.41. The first-order valence-corrected chi connectivity index (χ1v) is 7.80. The van der Waals surface area contributed by atoms with E-state index in [2.05, 4.69) is 26.2 Å². The first kappa shape index (κ1) is 14.8. The van der Waals surface area contributed by atoms with Crippen LogP contribution in [0.1, 0.15) is 18.5 Å². The van der Waals surface area contributed by atoms with Gasteiger partial charge in [-0.25, -0.2) is 9.37 Å². The molecule has 2 aromatic rings. The summed E-state index contributed by atoms with van der Waals surface area (Å²) in [6.07, 6.45) is 2.38. The monoisotopic (exact) mass is 370 g/mol. The minimum Gasteiger partial charge on any atom is -0.436 e. The summed E-state index contributed by atoms with van der Waals surface area (Å²) in [6.45, 7) is 0.585. The van der Waals surface area contributed by atoms with E-state index in [1.165, 1.54) is 18.9 Å². The predicted molar refractivity (Wildman–Crippen MR) is 83.3 cm³/mol. The summed E-state index contributed by atoms with van der Waals surface area (Å²) in [5, 5.41) is 3.92. The number of ether oxygens (including phenoxy) is 1. The molecule has 1 heterocycles. The number of hydrogen-bond donors (Lipinski definition) is 1. The third kappa shape index (κ3) is 3.93. The molecular formula is C15H13BrClFN2O. The van der Waals surface area contributed by atoms with Crippen LogP contribution in [0.25, 0.3) is 0 Å². The van der Waals surface area contributed by atoms with Crippen molar-refractivity contribution in [3.63, 3.8) is 0 Å². The molecule has 0 aliphatic heterocycles. The van der Waals surface area contributed by atoms with Gasteiger partial charge >= 0.3 is 0 Å². The molecule has 1 aromatic heterocycles. The maximum Gasteiger partial charge on any atom is 0.219 e. The fourth-order valence-electron chi connectivity index (χ4n) is 1.84. The van der Waals surface area contributed by atoms with Crippen LogP contribution in [0, 0.1) is 5.82 Å². The van der Waals surface area contributed by atoms with Crippen molar-refractivity contribution >= 4 is 27.5 Å². The van der Waals surface area contributed by atoms with Crippen LogP contribution in [0.3, 0.4) is 0 Å². The molecule has 110 valence electrons. The normalized spacial score (nSPS) is 14.2. The minimum absolute atomic E-state index is 0.125. The number of hydrogen-bond acceptors (Lipinski definition) is 3. The number of halogens is 3. The Bertz CT molecular complexity index is 664. The molecule has 0 saturated heterocycles. The van der Waals surface area contributed by atoms with Gasteiger partial charge in [-0.3, -0.25) is 0 Å². The zero-order chi connectivity index (χ0) is 14.8. The van der Waals surface area contributed by atoms with Gasteiger partial charge in [-0.2, -0.15) is 0 Å². The van der Waals surface area contributed by atoms with Crippen molar-refractivity contribution in [3.8, 4) is 11.6 Å². The number of rotatable bonds is 5. The van der Waals surface area contributed by atoms with Crippen LogP contribution in [0.2, 0.25) is 5.02 Å². The number of pyridine rings is 1. The van der Waals surface area contributed by atoms with Crippen LogP contribution in [-0.2, 0) is 6.54 Å². The molecular weight excluding hydrogens is 359 g/mol. The van der Waals surface area contributed by atoms with E-state index in [0.717, 1.165) is 4.47 Å². The average Bonchev–Trinajstić information content (AvgIpc) is 3.27. The van der Waals surface area contributed by atoms with Crippen molar-refractivity contribution in [2.24, 2.45) is 0 Å². The first-order chi connectivity index (χ1) is 10.1. The second-order valence-electron chi connectivity index (χ2n) is 4.91. The molecule has 1 N–H and O–H groups in total. The molecule has 3 nitrogen and oxygen atoms in total. The van der Waals surface area contributed by atoms with Crippen molar-refractivity contribution in [3.05, 3.63) is 51.3 Å². The Morgan fingerprint density at radius 3 is 2.90 bits per heavy atom. The molecule has 1 aromatic carbocycles. The second-order valence-corrected chi connectivity index (χ2v) is 6.23. The number of benzene rings is 1. The van der Waals surface area contributed by atoms with Gasteiger partial charge in [-0.15, -0.1) is 0 Å². The van der Waals surface area contributed by atoms with E-state index in [4.69, 9.17) is 16.3 Å². The van der Waals surface area contributed by atoms with Gasteiger partial charge in [0.25, 0.3) is 0 Å². The third-order valence-electron chi connectivity index (χ3n) is 3.14. The van der Waals surface area contributed by atoms with E-state index >= 15 is 0 Å². The topological polar surface area (TPSA) is 34.1 Å². The summed E-state index contributed by atoms with van der Waals surface area (Å²) in [6, 6.07) is 8.42. The lowest BCUT2D eigenvalue weighted by Crippen LogP contribution is -2.16. The van der Waals surface area contributed by atoms with E-state index < -0.39 is 5.82 Å². The Morgan fingerprint density at radius 2 is 2.14 bits per heavy atom. The molecule has 1 saturated carbocycles. The van der Waals surface area contributed by atoms with Gasteiger partial charge < -0.3 is 10.1 Å². The molecule has 0 bridgehead atoms. The Hall–Kier alpha value is -1.17. The third-order valence-corrected chi connectivity index (χ3v) is 3.97. The molecule has 3 rings (SSSR count).